The van der Waals surface area contributed by atoms with Crippen LogP contribution in [0.25, 0.3) is 0 Å². The third-order valence-electron chi connectivity index (χ3n) is 4.24. The first kappa shape index (κ1) is 18.1. The summed E-state index contributed by atoms with van der Waals surface area (Å²) in [5.41, 5.74) is 1.73. The van der Waals surface area contributed by atoms with Gasteiger partial charge in [-0.3, -0.25) is 0 Å². The van der Waals surface area contributed by atoms with Gasteiger partial charge in [0.2, 0.25) is 0 Å². The molecule has 2 atom stereocenters. The van der Waals surface area contributed by atoms with Gasteiger partial charge in [-0.2, -0.15) is 0 Å². The van der Waals surface area contributed by atoms with Crippen LogP contribution in [-0.2, 0) is 0 Å². The van der Waals surface area contributed by atoms with E-state index in [0.29, 0.717) is 11.6 Å². The Morgan fingerprint density at radius 3 is 2.43 bits per heavy atom. The second-order valence-corrected chi connectivity index (χ2v) is 5.97. The van der Waals surface area contributed by atoms with Crippen molar-refractivity contribution in [2.24, 2.45) is 0 Å². The van der Waals surface area contributed by atoms with Crippen molar-refractivity contribution in [3.8, 4) is 0 Å². The van der Waals surface area contributed by atoms with Gasteiger partial charge in [-0.25, -0.2) is 4.39 Å². The maximum Gasteiger partial charge on any atom is 0.126 e. The lowest BCUT2D eigenvalue weighted by Crippen LogP contribution is -2.31. The molecule has 0 bridgehead atoms. The van der Waals surface area contributed by atoms with Crippen LogP contribution >= 0.6 is 0 Å². The Morgan fingerprint density at radius 1 is 1.19 bits per heavy atom. The minimum Gasteiger partial charge on any atom is -0.308 e. The molecule has 0 saturated carbocycles. The minimum absolute atomic E-state index is 0.115. The summed E-state index contributed by atoms with van der Waals surface area (Å²) < 4.78 is 13.6. The fraction of sp³-hybridized carbons (Fsp3) is 0.667. The molecule has 0 heterocycles. The molecule has 0 aliphatic heterocycles. The van der Waals surface area contributed by atoms with Crippen LogP contribution in [0.15, 0.2) is 18.2 Å². The minimum atomic E-state index is -0.115. The van der Waals surface area contributed by atoms with Crippen molar-refractivity contribution < 1.29 is 4.39 Å². The Bertz CT molecular complexity index is 416. The molecule has 0 saturated heterocycles. The van der Waals surface area contributed by atoms with E-state index in [-0.39, 0.29) is 11.9 Å². The topological polar surface area (TPSA) is 15.3 Å². The third kappa shape index (κ3) is 6.15. The van der Waals surface area contributed by atoms with Gasteiger partial charge in [0.15, 0.2) is 0 Å². The lowest BCUT2D eigenvalue weighted by Gasteiger charge is -2.23. The molecule has 1 rings (SSSR count). The molecule has 0 aliphatic carbocycles. The van der Waals surface area contributed by atoms with Gasteiger partial charge in [-0.1, -0.05) is 26.0 Å². The fourth-order valence-corrected chi connectivity index (χ4v) is 2.65. The van der Waals surface area contributed by atoms with Crippen LogP contribution in [-0.4, -0.2) is 30.6 Å². The Morgan fingerprint density at radius 2 is 1.86 bits per heavy atom. The quantitative estimate of drug-likeness (QED) is 0.730. The number of nitrogens with zero attached hydrogens (tertiary/aromatic N) is 1. The SMILES string of the molecule is CCN(CC)CCCC(C)NC(C)c1ccc(C)c(F)c1. The molecule has 0 spiro atoms. The molecule has 0 aromatic heterocycles. The van der Waals surface area contributed by atoms with Gasteiger partial charge in [0.1, 0.15) is 5.82 Å². The zero-order valence-electron chi connectivity index (χ0n) is 14.2. The molecule has 1 aromatic rings. The predicted octanol–water partition coefficient (Wildman–Crippen LogP) is 4.30. The van der Waals surface area contributed by atoms with E-state index < -0.39 is 0 Å². The van der Waals surface area contributed by atoms with Crippen LogP contribution in [0.5, 0.6) is 0 Å². The van der Waals surface area contributed by atoms with Crippen LogP contribution in [0.2, 0.25) is 0 Å². The number of hydrogen-bond acceptors (Lipinski definition) is 2. The Hall–Kier alpha value is -0.930. The highest BCUT2D eigenvalue weighted by molar-refractivity contribution is 5.25. The molecular formula is C18H31FN2. The van der Waals surface area contributed by atoms with E-state index in [1.807, 2.05) is 12.1 Å². The number of nitrogens with one attached hydrogen (secondary N) is 1. The summed E-state index contributed by atoms with van der Waals surface area (Å²) in [4.78, 5) is 2.45. The molecule has 1 aromatic carbocycles. The lowest BCUT2D eigenvalue weighted by atomic mass is 10.0. The Kier molecular flexibility index (Phi) is 7.91. The van der Waals surface area contributed by atoms with E-state index in [1.54, 1.807) is 13.0 Å². The highest BCUT2D eigenvalue weighted by atomic mass is 19.1. The van der Waals surface area contributed by atoms with Gasteiger partial charge < -0.3 is 10.2 Å². The van der Waals surface area contributed by atoms with Crippen molar-refractivity contribution in [2.75, 3.05) is 19.6 Å². The maximum atomic E-state index is 13.6. The molecule has 1 N–H and O–H groups in total. The van der Waals surface area contributed by atoms with E-state index in [1.165, 1.54) is 6.42 Å². The van der Waals surface area contributed by atoms with Crippen molar-refractivity contribution in [3.05, 3.63) is 35.1 Å². The van der Waals surface area contributed by atoms with Crippen LogP contribution in [0.4, 0.5) is 4.39 Å². The van der Waals surface area contributed by atoms with Gasteiger partial charge in [0.25, 0.3) is 0 Å². The molecule has 0 radical (unpaired) electrons. The average Bonchev–Trinajstić information content (AvgIpc) is 2.46. The normalized spacial score (nSPS) is 14.4. The molecule has 3 heteroatoms. The first-order valence-electron chi connectivity index (χ1n) is 8.22. The molecule has 2 nitrogen and oxygen atoms in total. The lowest BCUT2D eigenvalue weighted by molar-refractivity contribution is 0.288. The number of rotatable bonds is 9. The molecule has 0 amide bonds. The van der Waals surface area contributed by atoms with Gasteiger partial charge in [0.05, 0.1) is 0 Å². The van der Waals surface area contributed by atoms with Crippen molar-refractivity contribution in [2.45, 2.75) is 59.5 Å². The molecule has 2 unspecified atom stereocenters. The highest BCUT2D eigenvalue weighted by Crippen LogP contribution is 2.17. The van der Waals surface area contributed by atoms with Crippen molar-refractivity contribution in [1.82, 2.24) is 10.2 Å². The zero-order chi connectivity index (χ0) is 15.8. The van der Waals surface area contributed by atoms with Crippen LogP contribution in [0.1, 0.15) is 57.7 Å². The maximum absolute atomic E-state index is 13.6. The van der Waals surface area contributed by atoms with Crippen LogP contribution < -0.4 is 5.32 Å². The van der Waals surface area contributed by atoms with Gasteiger partial charge >= 0.3 is 0 Å². The Balaban J connectivity index is 2.39. The summed E-state index contributed by atoms with van der Waals surface area (Å²) >= 11 is 0. The molecule has 0 aliphatic rings. The van der Waals surface area contributed by atoms with E-state index in [4.69, 9.17) is 0 Å². The molecular weight excluding hydrogens is 263 g/mol. The number of halogens is 1. The number of benzene rings is 1. The summed E-state index contributed by atoms with van der Waals surface area (Å²) in [5, 5.41) is 3.57. The molecule has 120 valence electrons. The van der Waals surface area contributed by atoms with Crippen LogP contribution in [0.3, 0.4) is 0 Å². The second-order valence-electron chi connectivity index (χ2n) is 5.97. The number of hydrogen-bond donors (Lipinski definition) is 1. The third-order valence-corrected chi connectivity index (χ3v) is 4.24. The summed E-state index contributed by atoms with van der Waals surface area (Å²) in [5.74, 6) is -0.115. The summed E-state index contributed by atoms with van der Waals surface area (Å²) in [6.45, 7) is 13.9. The zero-order valence-corrected chi connectivity index (χ0v) is 14.2. The monoisotopic (exact) mass is 294 g/mol. The predicted molar refractivity (Wildman–Crippen MR) is 89.2 cm³/mol. The first-order valence-corrected chi connectivity index (χ1v) is 8.22. The first-order chi connectivity index (χ1) is 9.97. The van der Waals surface area contributed by atoms with E-state index in [2.05, 4.69) is 37.9 Å². The Labute approximate surface area is 129 Å². The van der Waals surface area contributed by atoms with E-state index in [0.717, 1.165) is 31.6 Å². The summed E-state index contributed by atoms with van der Waals surface area (Å²) in [7, 11) is 0. The van der Waals surface area contributed by atoms with E-state index in [9.17, 15) is 4.39 Å². The summed E-state index contributed by atoms with van der Waals surface area (Å²) in [6, 6.07) is 6.14. The number of aryl methyl sites for hydroxylation is 1. The largest absolute Gasteiger partial charge is 0.308 e. The van der Waals surface area contributed by atoms with Gasteiger partial charge in [-0.05, 0) is 70.4 Å². The average molecular weight is 294 g/mol. The van der Waals surface area contributed by atoms with Crippen molar-refractivity contribution in [1.29, 1.82) is 0 Å². The summed E-state index contributed by atoms with van der Waals surface area (Å²) in [6.07, 6.45) is 2.35. The highest BCUT2D eigenvalue weighted by Gasteiger charge is 2.11. The molecule has 0 fully saturated rings. The van der Waals surface area contributed by atoms with Gasteiger partial charge in [0, 0.05) is 12.1 Å². The second kappa shape index (κ2) is 9.16. The standard InChI is InChI=1S/C18H31FN2/c1-6-21(7-2)12-8-9-15(4)20-16(5)17-11-10-14(3)18(19)13-17/h10-11,13,15-16,20H,6-9,12H2,1-5H3. The van der Waals surface area contributed by atoms with Crippen LogP contribution in [0, 0.1) is 12.7 Å². The fourth-order valence-electron chi connectivity index (χ4n) is 2.65. The molecule has 21 heavy (non-hydrogen) atoms. The van der Waals surface area contributed by atoms with Gasteiger partial charge in [-0.15, -0.1) is 0 Å². The van der Waals surface area contributed by atoms with E-state index >= 15 is 0 Å². The van der Waals surface area contributed by atoms with Crippen molar-refractivity contribution in [3.63, 3.8) is 0 Å². The van der Waals surface area contributed by atoms with Crippen molar-refractivity contribution >= 4 is 0 Å². The smallest absolute Gasteiger partial charge is 0.126 e.